The average molecular weight is 173 g/mol. The zero-order chi connectivity index (χ0) is 8.91. The standard InChI is InChI=1S/C9H23NSi/c1-6-9-11(4,5)10(7-2)8-3/h6-9H2,1-5H3. The molecule has 0 atom stereocenters. The van der Waals surface area contributed by atoms with Gasteiger partial charge in [-0.1, -0.05) is 40.3 Å². The summed E-state index contributed by atoms with van der Waals surface area (Å²) in [5.74, 6) is 0. The van der Waals surface area contributed by atoms with Gasteiger partial charge in [0, 0.05) is 0 Å². The van der Waals surface area contributed by atoms with Crippen LogP contribution in [0.4, 0.5) is 0 Å². The van der Waals surface area contributed by atoms with E-state index < -0.39 is 8.24 Å². The predicted octanol–water partition coefficient (Wildman–Crippen LogP) is 2.94. The fourth-order valence-electron chi connectivity index (χ4n) is 1.85. The van der Waals surface area contributed by atoms with Crippen molar-refractivity contribution in [3.05, 3.63) is 0 Å². The van der Waals surface area contributed by atoms with Gasteiger partial charge in [-0.15, -0.1) is 0 Å². The molecule has 0 saturated carbocycles. The van der Waals surface area contributed by atoms with Crippen molar-refractivity contribution in [1.29, 1.82) is 0 Å². The van der Waals surface area contributed by atoms with Gasteiger partial charge in [0.1, 0.15) is 8.24 Å². The second-order valence-corrected chi connectivity index (χ2v) is 8.49. The van der Waals surface area contributed by atoms with E-state index in [1.807, 2.05) is 0 Å². The molecule has 0 bridgehead atoms. The third kappa shape index (κ3) is 3.39. The molecule has 68 valence electrons. The Labute approximate surface area is 72.9 Å². The van der Waals surface area contributed by atoms with Crippen molar-refractivity contribution in [2.45, 2.75) is 46.3 Å². The summed E-state index contributed by atoms with van der Waals surface area (Å²) in [6, 6.07) is 1.44. The molecule has 0 rings (SSSR count). The van der Waals surface area contributed by atoms with Gasteiger partial charge < -0.3 is 4.57 Å². The molecule has 0 unspecified atom stereocenters. The van der Waals surface area contributed by atoms with Crippen LogP contribution in [-0.2, 0) is 0 Å². The first kappa shape index (κ1) is 11.2. The van der Waals surface area contributed by atoms with Gasteiger partial charge in [-0.05, 0) is 19.1 Å². The van der Waals surface area contributed by atoms with Crippen molar-refractivity contribution in [3.8, 4) is 0 Å². The highest BCUT2D eigenvalue weighted by Gasteiger charge is 2.25. The minimum atomic E-state index is -0.999. The Bertz CT molecular complexity index is 97.7. The van der Waals surface area contributed by atoms with E-state index in [-0.39, 0.29) is 0 Å². The third-order valence-corrected chi connectivity index (χ3v) is 6.55. The molecule has 11 heavy (non-hydrogen) atoms. The summed E-state index contributed by atoms with van der Waals surface area (Å²) in [6.07, 6.45) is 1.34. The van der Waals surface area contributed by atoms with E-state index in [0.717, 1.165) is 0 Å². The molecule has 2 heteroatoms. The van der Waals surface area contributed by atoms with Crippen LogP contribution in [0, 0.1) is 0 Å². The lowest BCUT2D eigenvalue weighted by atomic mass is 10.6. The van der Waals surface area contributed by atoms with Crippen LogP contribution >= 0.6 is 0 Å². The van der Waals surface area contributed by atoms with Gasteiger partial charge in [0.05, 0.1) is 0 Å². The second-order valence-electron chi connectivity index (χ2n) is 3.73. The topological polar surface area (TPSA) is 3.24 Å². The lowest BCUT2D eigenvalue weighted by Crippen LogP contribution is -2.48. The quantitative estimate of drug-likeness (QED) is 0.578. The Kier molecular flexibility index (Phi) is 5.02. The monoisotopic (exact) mass is 173 g/mol. The molecule has 0 saturated heterocycles. The van der Waals surface area contributed by atoms with E-state index in [2.05, 4.69) is 38.4 Å². The Hall–Kier alpha value is 0.177. The summed E-state index contributed by atoms with van der Waals surface area (Å²) < 4.78 is 2.66. The summed E-state index contributed by atoms with van der Waals surface area (Å²) in [6.45, 7) is 14.2. The predicted molar refractivity (Wildman–Crippen MR) is 55.5 cm³/mol. The first-order valence-electron chi connectivity index (χ1n) is 4.83. The Morgan fingerprint density at radius 1 is 1.00 bits per heavy atom. The maximum atomic E-state index is 2.66. The van der Waals surface area contributed by atoms with Crippen molar-refractivity contribution in [1.82, 2.24) is 4.57 Å². The van der Waals surface area contributed by atoms with Crippen LogP contribution in [0.5, 0.6) is 0 Å². The summed E-state index contributed by atoms with van der Waals surface area (Å²) in [4.78, 5) is 0. The lowest BCUT2D eigenvalue weighted by Gasteiger charge is -2.35. The Morgan fingerprint density at radius 2 is 1.45 bits per heavy atom. The van der Waals surface area contributed by atoms with Crippen LogP contribution in [0.1, 0.15) is 27.2 Å². The molecule has 0 aliphatic heterocycles. The SMILES string of the molecule is CCC[Si](C)(C)N(CC)CC. The second kappa shape index (κ2) is 4.94. The molecule has 0 aliphatic rings. The van der Waals surface area contributed by atoms with Crippen LogP contribution in [0.3, 0.4) is 0 Å². The van der Waals surface area contributed by atoms with Crippen molar-refractivity contribution in [2.24, 2.45) is 0 Å². The number of nitrogens with zero attached hydrogens (tertiary/aromatic N) is 1. The maximum Gasteiger partial charge on any atom is 0.122 e. The van der Waals surface area contributed by atoms with Gasteiger partial charge in [0.2, 0.25) is 0 Å². The third-order valence-electron chi connectivity index (χ3n) is 2.48. The molecular formula is C9H23NSi. The molecule has 0 N–H and O–H groups in total. The van der Waals surface area contributed by atoms with Crippen LogP contribution in [0.25, 0.3) is 0 Å². The Balaban J connectivity index is 4.00. The first-order valence-corrected chi connectivity index (χ1v) is 7.99. The summed E-state index contributed by atoms with van der Waals surface area (Å²) in [7, 11) is -0.999. The lowest BCUT2D eigenvalue weighted by molar-refractivity contribution is 0.464. The fraction of sp³-hybridized carbons (Fsp3) is 1.00. The van der Waals surface area contributed by atoms with E-state index in [1.54, 1.807) is 0 Å². The van der Waals surface area contributed by atoms with Crippen molar-refractivity contribution in [2.75, 3.05) is 13.1 Å². The molecule has 0 amide bonds. The molecule has 0 spiro atoms. The van der Waals surface area contributed by atoms with Crippen molar-refractivity contribution in [3.63, 3.8) is 0 Å². The fourth-order valence-corrected chi connectivity index (χ4v) is 5.10. The Morgan fingerprint density at radius 3 is 1.73 bits per heavy atom. The average Bonchev–Trinajstić information content (AvgIpc) is 1.89. The van der Waals surface area contributed by atoms with Crippen LogP contribution in [0.15, 0.2) is 0 Å². The highest BCUT2D eigenvalue weighted by molar-refractivity contribution is 6.74. The molecule has 1 nitrogen and oxygen atoms in total. The van der Waals surface area contributed by atoms with Crippen molar-refractivity contribution >= 4 is 8.24 Å². The van der Waals surface area contributed by atoms with Crippen LogP contribution in [-0.4, -0.2) is 25.9 Å². The van der Waals surface area contributed by atoms with Crippen LogP contribution < -0.4 is 0 Å². The van der Waals surface area contributed by atoms with E-state index in [9.17, 15) is 0 Å². The van der Waals surface area contributed by atoms with Gasteiger partial charge in [-0.25, -0.2) is 0 Å². The number of hydrogen-bond donors (Lipinski definition) is 0. The zero-order valence-corrected chi connectivity index (χ0v) is 9.78. The molecule has 0 radical (unpaired) electrons. The summed E-state index contributed by atoms with van der Waals surface area (Å²) in [5.41, 5.74) is 0. The highest BCUT2D eigenvalue weighted by atomic mass is 28.3. The van der Waals surface area contributed by atoms with Gasteiger partial charge >= 0.3 is 0 Å². The van der Waals surface area contributed by atoms with Crippen molar-refractivity contribution < 1.29 is 0 Å². The van der Waals surface area contributed by atoms with E-state index in [4.69, 9.17) is 0 Å². The minimum Gasteiger partial charge on any atom is -0.324 e. The molecule has 0 aromatic heterocycles. The highest BCUT2D eigenvalue weighted by Crippen LogP contribution is 2.16. The first-order chi connectivity index (χ1) is 5.08. The summed E-state index contributed by atoms with van der Waals surface area (Å²) >= 11 is 0. The minimum absolute atomic E-state index is 0.999. The number of rotatable bonds is 5. The zero-order valence-electron chi connectivity index (χ0n) is 8.78. The molecule has 0 heterocycles. The largest absolute Gasteiger partial charge is 0.324 e. The van der Waals surface area contributed by atoms with E-state index in [1.165, 1.54) is 25.6 Å². The molecular weight excluding hydrogens is 150 g/mol. The molecule has 0 fully saturated rings. The van der Waals surface area contributed by atoms with Crippen LogP contribution in [0.2, 0.25) is 19.1 Å². The normalized spacial score (nSPS) is 12.5. The van der Waals surface area contributed by atoms with Gasteiger partial charge in [-0.2, -0.15) is 0 Å². The van der Waals surface area contributed by atoms with Gasteiger partial charge in [-0.3, -0.25) is 0 Å². The summed E-state index contributed by atoms with van der Waals surface area (Å²) in [5, 5.41) is 0. The maximum absolute atomic E-state index is 2.66. The molecule has 0 aliphatic carbocycles. The van der Waals surface area contributed by atoms with E-state index in [0.29, 0.717) is 0 Å². The van der Waals surface area contributed by atoms with Gasteiger partial charge in [0.15, 0.2) is 0 Å². The van der Waals surface area contributed by atoms with E-state index >= 15 is 0 Å². The smallest absolute Gasteiger partial charge is 0.122 e. The number of hydrogen-bond acceptors (Lipinski definition) is 1. The molecule has 0 aromatic rings. The van der Waals surface area contributed by atoms with Gasteiger partial charge in [0.25, 0.3) is 0 Å². The molecule has 0 aromatic carbocycles.